The fraction of sp³-hybridized carbons (Fsp3) is 0.350. The Morgan fingerprint density at radius 3 is 2.09 bits per heavy atom. The van der Waals surface area contributed by atoms with Gasteiger partial charge in [0.1, 0.15) is 0 Å². The van der Waals surface area contributed by atoms with Crippen LogP contribution in [0.15, 0.2) is 54.6 Å². The lowest BCUT2D eigenvalue weighted by Crippen LogP contribution is -2.48. The van der Waals surface area contributed by atoms with Crippen LogP contribution in [0.2, 0.25) is 0 Å². The molecule has 3 nitrogen and oxygen atoms in total. The minimum absolute atomic E-state index is 0.00212. The molecule has 1 spiro atoms. The molecule has 0 saturated carbocycles. The normalized spacial score (nSPS) is 28.8. The SMILES string of the molecule is CC1(C)C(=O)C2(OCC(c3ccccc3)CO2)c2ccccc21. The highest BCUT2D eigenvalue weighted by atomic mass is 16.7. The molecule has 23 heavy (non-hydrogen) atoms. The second-order valence-electron chi connectivity index (χ2n) is 6.85. The van der Waals surface area contributed by atoms with Crippen molar-refractivity contribution in [3.63, 3.8) is 0 Å². The van der Waals surface area contributed by atoms with Gasteiger partial charge in [-0.15, -0.1) is 0 Å². The van der Waals surface area contributed by atoms with E-state index in [4.69, 9.17) is 9.47 Å². The quantitative estimate of drug-likeness (QED) is 0.808. The molecule has 118 valence electrons. The fourth-order valence-corrected chi connectivity index (χ4v) is 3.70. The van der Waals surface area contributed by atoms with Crippen molar-refractivity contribution in [1.29, 1.82) is 0 Å². The van der Waals surface area contributed by atoms with Crippen molar-refractivity contribution >= 4 is 5.78 Å². The maximum absolute atomic E-state index is 13.1. The van der Waals surface area contributed by atoms with Gasteiger partial charge in [0, 0.05) is 11.5 Å². The van der Waals surface area contributed by atoms with Crippen molar-refractivity contribution in [3.8, 4) is 0 Å². The van der Waals surface area contributed by atoms with Crippen LogP contribution >= 0.6 is 0 Å². The smallest absolute Gasteiger partial charge is 0.257 e. The van der Waals surface area contributed by atoms with Gasteiger partial charge in [-0.2, -0.15) is 0 Å². The topological polar surface area (TPSA) is 35.5 Å². The average Bonchev–Trinajstić information content (AvgIpc) is 2.76. The van der Waals surface area contributed by atoms with Gasteiger partial charge in [0.2, 0.25) is 5.78 Å². The lowest BCUT2D eigenvalue weighted by atomic mass is 9.85. The molecule has 0 unspecified atom stereocenters. The zero-order valence-electron chi connectivity index (χ0n) is 13.4. The summed E-state index contributed by atoms with van der Waals surface area (Å²) in [6.45, 7) is 4.86. The second kappa shape index (κ2) is 5.02. The highest BCUT2D eigenvalue weighted by Crippen LogP contribution is 2.50. The van der Waals surface area contributed by atoms with E-state index < -0.39 is 11.2 Å². The van der Waals surface area contributed by atoms with E-state index in [2.05, 4.69) is 12.1 Å². The molecule has 0 atom stereocenters. The van der Waals surface area contributed by atoms with Crippen molar-refractivity contribution in [2.75, 3.05) is 13.2 Å². The summed E-state index contributed by atoms with van der Waals surface area (Å²) in [5, 5.41) is 0. The van der Waals surface area contributed by atoms with Gasteiger partial charge in [-0.1, -0.05) is 54.6 Å². The summed E-state index contributed by atoms with van der Waals surface area (Å²) in [7, 11) is 0. The van der Waals surface area contributed by atoms with E-state index in [0.717, 1.165) is 11.1 Å². The second-order valence-corrected chi connectivity index (χ2v) is 6.85. The third-order valence-electron chi connectivity index (χ3n) is 5.07. The van der Waals surface area contributed by atoms with E-state index in [-0.39, 0.29) is 11.7 Å². The molecule has 1 heterocycles. The van der Waals surface area contributed by atoms with Crippen LogP contribution in [0.5, 0.6) is 0 Å². The predicted molar refractivity (Wildman–Crippen MR) is 87.2 cm³/mol. The van der Waals surface area contributed by atoms with Crippen LogP contribution in [0.4, 0.5) is 0 Å². The Morgan fingerprint density at radius 1 is 0.870 bits per heavy atom. The summed E-state index contributed by atoms with van der Waals surface area (Å²) in [5.41, 5.74) is 2.46. The summed E-state index contributed by atoms with van der Waals surface area (Å²) in [4.78, 5) is 13.1. The van der Waals surface area contributed by atoms with Gasteiger partial charge >= 0.3 is 0 Å². The van der Waals surface area contributed by atoms with E-state index in [1.165, 1.54) is 5.56 Å². The van der Waals surface area contributed by atoms with Crippen LogP contribution in [0.1, 0.15) is 36.5 Å². The van der Waals surface area contributed by atoms with Gasteiger partial charge in [0.25, 0.3) is 5.79 Å². The van der Waals surface area contributed by atoms with Crippen molar-refractivity contribution in [3.05, 3.63) is 71.3 Å². The van der Waals surface area contributed by atoms with Crippen LogP contribution in [0.25, 0.3) is 0 Å². The molecule has 1 fully saturated rings. The Labute approximate surface area is 136 Å². The minimum atomic E-state index is -1.23. The van der Waals surface area contributed by atoms with Gasteiger partial charge in [0.05, 0.1) is 18.6 Å². The number of rotatable bonds is 1. The van der Waals surface area contributed by atoms with E-state index in [0.29, 0.717) is 13.2 Å². The molecule has 0 bridgehead atoms. The summed E-state index contributed by atoms with van der Waals surface area (Å²) < 4.78 is 12.2. The standard InChI is InChI=1S/C20H20O3/c1-19(2)16-10-6-7-11-17(16)20(18(19)21)22-12-15(13-23-20)14-8-4-3-5-9-14/h3-11,15H,12-13H2,1-2H3. The number of carbonyl (C=O) groups is 1. The third kappa shape index (κ3) is 2.00. The van der Waals surface area contributed by atoms with Crippen LogP contribution < -0.4 is 0 Å². The molecule has 2 aromatic carbocycles. The van der Waals surface area contributed by atoms with Gasteiger partial charge in [-0.05, 0) is 25.0 Å². The van der Waals surface area contributed by atoms with E-state index in [1.807, 2.05) is 56.3 Å². The van der Waals surface area contributed by atoms with Crippen LogP contribution in [0.3, 0.4) is 0 Å². The maximum Gasteiger partial charge on any atom is 0.257 e. The molecule has 2 aromatic rings. The van der Waals surface area contributed by atoms with Gasteiger partial charge in [-0.25, -0.2) is 0 Å². The Balaban J connectivity index is 1.68. The molecule has 1 saturated heterocycles. The monoisotopic (exact) mass is 308 g/mol. The zero-order chi connectivity index (χ0) is 16.1. The summed E-state index contributed by atoms with van der Waals surface area (Å²) in [6.07, 6.45) is 0. The van der Waals surface area contributed by atoms with Crippen LogP contribution in [-0.2, 0) is 25.5 Å². The number of ketones is 1. The molecule has 0 aromatic heterocycles. The number of Topliss-reactive ketones (excluding diaryl/α,β-unsaturated/α-hetero) is 1. The van der Waals surface area contributed by atoms with E-state index in [9.17, 15) is 4.79 Å². The molecule has 1 aliphatic heterocycles. The number of hydrogen-bond donors (Lipinski definition) is 0. The number of ether oxygens (including phenoxy) is 2. The van der Waals surface area contributed by atoms with Gasteiger partial charge in [-0.3, -0.25) is 4.79 Å². The highest BCUT2D eigenvalue weighted by Gasteiger charge is 2.59. The Kier molecular flexibility index (Phi) is 3.19. The largest absolute Gasteiger partial charge is 0.339 e. The Bertz CT molecular complexity index is 740. The zero-order valence-corrected chi connectivity index (χ0v) is 13.4. The molecule has 3 heteroatoms. The summed E-state index contributed by atoms with van der Waals surface area (Å²) >= 11 is 0. The van der Waals surface area contributed by atoms with Gasteiger partial charge < -0.3 is 9.47 Å². The van der Waals surface area contributed by atoms with Crippen molar-refractivity contribution in [1.82, 2.24) is 0 Å². The molecule has 0 N–H and O–H groups in total. The molecule has 0 radical (unpaired) electrons. The van der Waals surface area contributed by atoms with Crippen molar-refractivity contribution in [2.24, 2.45) is 0 Å². The molecule has 4 rings (SSSR count). The Hall–Kier alpha value is -1.97. The van der Waals surface area contributed by atoms with Crippen molar-refractivity contribution in [2.45, 2.75) is 31.0 Å². The number of carbonyl (C=O) groups excluding carboxylic acids is 1. The summed E-state index contributed by atoms with van der Waals surface area (Å²) in [6, 6.07) is 18.0. The van der Waals surface area contributed by atoms with E-state index in [1.54, 1.807) is 0 Å². The fourth-order valence-electron chi connectivity index (χ4n) is 3.70. The molecular weight excluding hydrogens is 288 g/mol. The minimum Gasteiger partial charge on any atom is -0.339 e. The van der Waals surface area contributed by atoms with E-state index >= 15 is 0 Å². The Morgan fingerprint density at radius 2 is 1.43 bits per heavy atom. The first-order valence-electron chi connectivity index (χ1n) is 8.03. The highest BCUT2D eigenvalue weighted by molar-refractivity contribution is 6.01. The molecular formula is C20H20O3. The third-order valence-corrected chi connectivity index (χ3v) is 5.07. The van der Waals surface area contributed by atoms with Crippen LogP contribution in [-0.4, -0.2) is 19.0 Å². The number of fused-ring (bicyclic) bond motifs is 2. The molecule has 2 aliphatic rings. The number of benzene rings is 2. The van der Waals surface area contributed by atoms with Gasteiger partial charge in [0.15, 0.2) is 0 Å². The van der Waals surface area contributed by atoms with Crippen LogP contribution in [0, 0.1) is 0 Å². The van der Waals surface area contributed by atoms with Crippen molar-refractivity contribution < 1.29 is 14.3 Å². The first kappa shape index (κ1) is 14.6. The average molecular weight is 308 g/mol. The number of hydrogen-bond acceptors (Lipinski definition) is 3. The summed E-state index contributed by atoms with van der Waals surface area (Å²) in [5.74, 6) is -1.08. The molecule has 0 amide bonds. The first-order valence-corrected chi connectivity index (χ1v) is 8.03. The molecule has 1 aliphatic carbocycles. The predicted octanol–water partition coefficient (Wildman–Crippen LogP) is 3.53. The first-order chi connectivity index (χ1) is 11.1. The lowest BCUT2D eigenvalue weighted by molar-refractivity contribution is -0.264. The maximum atomic E-state index is 13.1. The lowest BCUT2D eigenvalue weighted by Gasteiger charge is -2.37.